The molecule has 2 aromatic heterocycles. The molecule has 1 amide bonds. The van der Waals surface area contributed by atoms with Gasteiger partial charge in [0.1, 0.15) is 5.01 Å². The van der Waals surface area contributed by atoms with Crippen molar-refractivity contribution in [3.8, 4) is 10.7 Å². The van der Waals surface area contributed by atoms with Crippen LogP contribution in [0.25, 0.3) is 10.7 Å². The average Bonchev–Trinajstić information content (AvgIpc) is 3.04. The molecule has 3 rings (SSSR count). The average molecular weight is 317 g/mol. The molecule has 0 spiro atoms. The van der Waals surface area contributed by atoms with Crippen molar-refractivity contribution < 1.29 is 9.53 Å². The largest absolute Gasteiger partial charge is 0.375 e. The van der Waals surface area contributed by atoms with E-state index >= 15 is 0 Å². The maximum atomic E-state index is 12.4. The number of carbonyl (C=O) groups excluding carboxylic acids is 1. The second kappa shape index (κ2) is 6.98. The van der Waals surface area contributed by atoms with Gasteiger partial charge in [0.2, 0.25) is 5.91 Å². The second-order valence-corrected chi connectivity index (χ2v) is 6.13. The molecule has 3 heterocycles. The maximum absolute atomic E-state index is 12.4. The molecule has 0 aliphatic carbocycles. The Bertz CT molecular complexity index is 629. The van der Waals surface area contributed by atoms with Crippen LogP contribution in [0.15, 0.2) is 29.8 Å². The fourth-order valence-electron chi connectivity index (χ4n) is 2.45. The van der Waals surface area contributed by atoms with Crippen molar-refractivity contribution in [1.29, 1.82) is 0 Å². The highest BCUT2D eigenvalue weighted by Crippen LogP contribution is 2.22. The quantitative estimate of drug-likeness (QED) is 0.869. The van der Waals surface area contributed by atoms with Crippen LogP contribution in [-0.4, -0.2) is 46.6 Å². The first-order valence-electron chi connectivity index (χ1n) is 7.51. The third-order valence-electron chi connectivity index (χ3n) is 3.71. The third-order valence-corrected chi connectivity index (χ3v) is 4.63. The molecule has 1 unspecified atom stereocenters. The zero-order chi connectivity index (χ0) is 15.4. The fourth-order valence-corrected chi connectivity index (χ4v) is 3.25. The summed E-state index contributed by atoms with van der Waals surface area (Å²) in [6, 6.07) is 5.75. The van der Waals surface area contributed by atoms with E-state index in [0.717, 1.165) is 22.8 Å². The van der Waals surface area contributed by atoms with Crippen molar-refractivity contribution >= 4 is 17.2 Å². The lowest BCUT2D eigenvalue weighted by Crippen LogP contribution is -2.46. The number of amides is 1. The molecule has 2 aromatic rings. The van der Waals surface area contributed by atoms with Gasteiger partial charge in [0, 0.05) is 24.7 Å². The Kier molecular flexibility index (Phi) is 4.80. The van der Waals surface area contributed by atoms with Gasteiger partial charge < -0.3 is 9.64 Å². The Balaban J connectivity index is 1.64. The molecule has 5 nitrogen and oxygen atoms in total. The van der Waals surface area contributed by atoms with Crippen LogP contribution < -0.4 is 0 Å². The van der Waals surface area contributed by atoms with Crippen LogP contribution in [-0.2, 0) is 16.0 Å². The van der Waals surface area contributed by atoms with Crippen LogP contribution in [0.2, 0.25) is 0 Å². The molecule has 1 aliphatic rings. The zero-order valence-electron chi connectivity index (χ0n) is 12.6. The third kappa shape index (κ3) is 3.51. The van der Waals surface area contributed by atoms with Gasteiger partial charge in [-0.25, -0.2) is 4.98 Å². The number of morpholine rings is 1. The Morgan fingerprint density at radius 1 is 1.50 bits per heavy atom. The summed E-state index contributed by atoms with van der Waals surface area (Å²) < 4.78 is 5.60. The normalized spacial score (nSPS) is 18.4. The molecule has 1 atom stereocenters. The van der Waals surface area contributed by atoms with Crippen LogP contribution in [0, 0.1) is 0 Å². The minimum atomic E-state index is 0.125. The van der Waals surface area contributed by atoms with Crippen LogP contribution >= 0.6 is 11.3 Å². The van der Waals surface area contributed by atoms with Crippen LogP contribution in [0.3, 0.4) is 0 Å². The molecule has 0 bridgehead atoms. The number of carbonyl (C=O) groups is 1. The van der Waals surface area contributed by atoms with Gasteiger partial charge in [-0.15, -0.1) is 11.3 Å². The van der Waals surface area contributed by atoms with Crippen LogP contribution in [0.5, 0.6) is 0 Å². The molecule has 0 aromatic carbocycles. The van der Waals surface area contributed by atoms with Crippen LogP contribution in [0.4, 0.5) is 0 Å². The number of hydrogen-bond acceptors (Lipinski definition) is 5. The van der Waals surface area contributed by atoms with Gasteiger partial charge in [0.15, 0.2) is 0 Å². The van der Waals surface area contributed by atoms with Crippen molar-refractivity contribution in [3.05, 3.63) is 35.5 Å². The highest BCUT2D eigenvalue weighted by Gasteiger charge is 2.23. The molecule has 22 heavy (non-hydrogen) atoms. The highest BCUT2D eigenvalue weighted by atomic mass is 32.1. The van der Waals surface area contributed by atoms with Crippen molar-refractivity contribution in [2.45, 2.75) is 25.9 Å². The number of nitrogens with zero attached hydrogens (tertiary/aromatic N) is 3. The molecule has 6 heteroatoms. The lowest BCUT2D eigenvalue weighted by molar-refractivity contribution is -0.138. The number of pyridine rings is 1. The summed E-state index contributed by atoms with van der Waals surface area (Å²) >= 11 is 1.53. The van der Waals surface area contributed by atoms with Crippen molar-refractivity contribution in [2.75, 3.05) is 19.7 Å². The van der Waals surface area contributed by atoms with Gasteiger partial charge in [-0.05, 0) is 18.6 Å². The second-order valence-electron chi connectivity index (χ2n) is 5.28. The van der Waals surface area contributed by atoms with Gasteiger partial charge >= 0.3 is 0 Å². The summed E-state index contributed by atoms with van der Waals surface area (Å²) in [5.41, 5.74) is 1.67. The monoisotopic (exact) mass is 317 g/mol. The lowest BCUT2D eigenvalue weighted by Gasteiger charge is -2.32. The van der Waals surface area contributed by atoms with Crippen molar-refractivity contribution in [1.82, 2.24) is 14.9 Å². The Morgan fingerprint density at radius 3 is 3.18 bits per heavy atom. The van der Waals surface area contributed by atoms with E-state index in [2.05, 4.69) is 16.9 Å². The van der Waals surface area contributed by atoms with Gasteiger partial charge in [0.05, 0.1) is 30.5 Å². The minimum absolute atomic E-state index is 0.125. The maximum Gasteiger partial charge on any atom is 0.228 e. The van der Waals surface area contributed by atoms with E-state index < -0.39 is 0 Å². The predicted molar refractivity (Wildman–Crippen MR) is 85.7 cm³/mol. The van der Waals surface area contributed by atoms with E-state index in [1.165, 1.54) is 11.3 Å². The molecule has 1 aliphatic heterocycles. The molecule has 1 fully saturated rings. The first-order valence-corrected chi connectivity index (χ1v) is 8.39. The molecule has 0 N–H and O–H groups in total. The van der Waals surface area contributed by atoms with Crippen LogP contribution in [0.1, 0.15) is 19.0 Å². The minimum Gasteiger partial charge on any atom is -0.375 e. The molecule has 116 valence electrons. The van der Waals surface area contributed by atoms with Gasteiger partial charge in [0.25, 0.3) is 0 Å². The summed E-state index contributed by atoms with van der Waals surface area (Å²) in [5, 5.41) is 2.80. The SMILES string of the molecule is CCC1CN(C(=O)Cc2csc(-c3ccccn3)n2)CCO1. The summed E-state index contributed by atoms with van der Waals surface area (Å²) in [7, 11) is 0. The van der Waals surface area contributed by atoms with Gasteiger partial charge in [-0.1, -0.05) is 13.0 Å². The van der Waals surface area contributed by atoms with Gasteiger partial charge in [-0.3, -0.25) is 9.78 Å². The van der Waals surface area contributed by atoms with E-state index in [0.29, 0.717) is 26.1 Å². The van der Waals surface area contributed by atoms with E-state index in [4.69, 9.17) is 4.74 Å². The van der Waals surface area contributed by atoms with Crippen molar-refractivity contribution in [3.63, 3.8) is 0 Å². The fraction of sp³-hybridized carbons (Fsp3) is 0.438. The predicted octanol–water partition coefficient (Wildman–Crippen LogP) is 2.39. The number of rotatable bonds is 4. The smallest absolute Gasteiger partial charge is 0.228 e. The molecular weight excluding hydrogens is 298 g/mol. The topological polar surface area (TPSA) is 55.3 Å². The van der Waals surface area contributed by atoms with Crippen molar-refractivity contribution in [2.24, 2.45) is 0 Å². The lowest BCUT2D eigenvalue weighted by atomic mass is 10.2. The van der Waals surface area contributed by atoms with E-state index in [1.807, 2.05) is 28.5 Å². The Hall–Kier alpha value is -1.79. The highest BCUT2D eigenvalue weighted by molar-refractivity contribution is 7.13. The standard InChI is InChI=1S/C16H19N3O2S/c1-2-13-10-19(7-8-21-13)15(20)9-12-11-22-16(18-12)14-5-3-4-6-17-14/h3-6,11,13H,2,7-10H2,1H3. The van der Waals surface area contributed by atoms with E-state index in [1.54, 1.807) is 6.20 Å². The molecule has 0 saturated carbocycles. The molecular formula is C16H19N3O2S. The summed E-state index contributed by atoms with van der Waals surface area (Å²) in [6.45, 7) is 4.07. The zero-order valence-corrected chi connectivity index (χ0v) is 13.4. The van der Waals surface area contributed by atoms with Gasteiger partial charge in [-0.2, -0.15) is 0 Å². The molecule has 0 radical (unpaired) electrons. The first-order chi connectivity index (χ1) is 10.8. The number of aromatic nitrogens is 2. The Labute approximate surface area is 134 Å². The van der Waals surface area contributed by atoms with E-state index in [9.17, 15) is 4.79 Å². The van der Waals surface area contributed by atoms with E-state index in [-0.39, 0.29) is 12.0 Å². The summed E-state index contributed by atoms with van der Waals surface area (Å²) in [5.74, 6) is 0.125. The number of thiazole rings is 1. The number of hydrogen-bond donors (Lipinski definition) is 0. The summed E-state index contributed by atoms with van der Waals surface area (Å²) in [6.07, 6.45) is 3.20. The molecule has 1 saturated heterocycles. The Morgan fingerprint density at radius 2 is 2.41 bits per heavy atom. The summed E-state index contributed by atoms with van der Waals surface area (Å²) in [4.78, 5) is 23.1. The number of ether oxygens (including phenoxy) is 1. The first kappa shape index (κ1) is 15.1.